The van der Waals surface area contributed by atoms with Crippen LogP contribution in [0.3, 0.4) is 0 Å². The van der Waals surface area contributed by atoms with E-state index in [0.717, 1.165) is 27.5 Å². The van der Waals surface area contributed by atoms with Crippen LogP contribution in [0.15, 0.2) is 101 Å². The molecule has 0 spiro atoms. The first-order chi connectivity index (χ1) is 22.9. The molecule has 0 bridgehead atoms. The predicted octanol–water partition coefficient (Wildman–Crippen LogP) is 3.37. The minimum Gasteiger partial charge on any atom is -0.493 e. The Bertz CT molecular complexity index is 2500. The van der Waals surface area contributed by atoms with Crippen molar-refractivity contribution in [2.45, 2.75) is 13.1 Å². The van der Waals surface area contributed by atoms with Gasteiger partial charge in [0.2, 0.25) is 11.8 Å². The van der Waals surface area contributed by atoms with Crippen molar-refractivity contribution in [1.29, 1.82) is 0 Å². The zero-order valence-electron chi connectivity index (χ0n) is 24.0. The maximum absolute atomic E-state index is 11.9. The number of aromatic hydroxyl groups is 2. The minimum atomic E-state index is -0.777. The molecule has 20 heteroatoms. The summed E-state index contributed by atoms with van der Waals surface area (Å²) in [5.74, 6) is -2.04. The molecule has 18 nitrogen and oxygen atoms in total. The van der Waals surface area contributed by atoms with Crippen molar-refractivity contribution in [3.8, 4) is 11.8 Å². The molecule has 6 N–H and O–H groups in total. The summed E-state index contributed by atoms with van der Waals surface area (Å²) in [5.41, 5.74) is -1.49. The van der Waals surface area contributed by atoms with Gasteiger partial charge in [0.1, 0.15) is 13.1 Å². The largest absolute Gasteiger partial charge is 0.493 e. The van der Waals surface area contributed by atoms with E-state index < -0.39 is 40.9 Å². The lowest BCUT2D eigenvalue weighted by Gasteiger charge is -1.99. The van der Waals surface area contributed by atoms with Gasteiger partial charge < -0.3 is 20.2 Å². The van der Waals surface area contributed by atoms with Gasteiger partial charge in [-0.25, -0.2) is 9.59 Å². The lowest BCUT2D eigenvalue weighted by molar-refractivity contribution is -0.119. The van der Waals surface area contributed by atoms with Crippen LogP contribution >= 0.6 is 23.2 Å². The molecule has 48 heavy (non-hydrogen) atoms. The van der Waals surface area contributed by atoms with Gasteiger partial charge in [-0.15, -0.1) is 20.5 Å². The number of amides is 2. The van der Waals surface area contributed by atoms with Crippen molar-refractivity contribution in [1.82, 2.24) is 29.1 Å². The lowest BCUT2D eigenvalue weighted by Crippen LogP contribution is -2.30. The topological polar surface area (TPSA) is 265 Å². The van der Waals surface area contributed by atoms with Gasteiger partial charge >= 0.3 is 11.4 Å². The van der Waals surface area contributed by atoms with E-state index >= 15 is 0 Å². The molecule has 4 aromatic heterocycles. The molecule has 6 aromatic rings. The average molecular weight is 695 g/mol. The molecule has 0 saturated carbocycles. The Kier molecular flexibility index (Phi) is 9.57. The molecule has 0 unspecified atom stereocenters. The average Bonchev–Trinajstić information content (AvgIpc) is 3.55. The Hall–Kier alpha value is -6.40. The number of benzene rings is 2. The van der Waals surface area contributed by atoms with Gasteiger partial charge in [-0.05, 0) is 18.2 Å². The Morgan fingerprint density at radius 2 is 1.19 bits per heavy atom. The first-order valence-electron chi connectivity index (χ1n) is 13.4. The number of H-pyrrole nitrogens is 4. The molecule has 4 heterocycles. The van der Waals surface area contributed by atoms with Gasteiger partial charge in [0, 0.05) is 29.9 Å². The molecular weight excluding hydrogens is 675 g/mol. The number of fused-ring (bicyclic) bond motifs is 2. The van der Waals surface area contributed by atoms with E-state index in [4.69, 9.17) is 23.2 Å². The number of carbonyl (C=O) groups excluding carboxylic acids is 2. The first-order valence-corrected chi connectivity index (χ1v) is 14.1. The molecule has 2 amide bonds. The number of hydrogen-bond donors (Lipinski definition) is 6. The van der Waals surface area contributed by atoms with Crippen LogP contribution in [-0.2, 0) is 22.7 Å². The lowest BCUT2D eigenvalue weighted by atomic mass is 10.2. The van der Waals surface area contributed by atoms with Gasteiger partial charge in [-0.2, -0.15) is 0 Å². The van der Waals surface area contributed by atoms with E-state index in [1.54, 1.807) is 24.3 Å². The summed E-state index contributed by atoms with van der Waals surface area (Å²) in [5, 5.41) is 35.6. The van der Waals surface area contributed by atoms with Gasteiger partial charge in [-0.3, -0.25) is 38.3 Å². The van der Waals surface area contributed by atoms with E-state index in [2.05, 4.69) is 30.4 Å². The molecule has 0 aliphatic heterocycles. The Morgan fingerprint density at radius 1 is 0.667 bits per heavy atom. The summed E-state index contributed by atoms with van der Waals surface area (Å²) in [6.45, 7) is -0.807. The third-order valence-corrected chi connectivity index (χ3v) is 7.03. The monoisotopic (exact) mass is 694 g/mol. The molecule has 0 aliphatic carbocycles. The number of azo groups is 2. The standard InChI is InChI=1S/C14H9Cl2N5O4.C14H11N5O4/c15-6-1-2-7(16)11-10(6)12(13(24)18-11)20-19-9(23)5-21-4-3-8(22)17-14(21)25;20-10-5-6-19(14(23)16-10)7-11(21)17-18-12-8-3-1-2-4-9(8)15-13(12)22/h1-4,18,24H,5H2,(H,17,22,25);1-6,15,22H,7H2,(H,16,20,23). The molecule has 244 valence electrons. The van der Waals surface area contributed by atoms with Gasteiger partial charge in [-0.1, -0.05) is 41.4 Å². The number of hydrogen-bond acceptors (Lipinski definition) is 10. The molecule has 0 saturated heterocycles. The van der Waals surface area contributed by atoms with Crippen molar-refractivity contribution in [2.75, 3.05) is 0 Å². The van der Waals surface area contributed by atoms with Crippen molar-refractivity contribution in [3.63, 3.8) is 0 Å². The maximum atomic E-state index is 11.9. The highest BCUT2D eigenvalue weighted by Crippen LogP contribution is 2.42. The van der Waals surface area contributed by atoms with Gasteiger partial charge in [0.25, 0.3) is 22.9 Å². The minimum absolute atomic E-state index is 0.0512. The van der Waals surface area contributed by atoms with E-state index in [1.807, 2.05) is 9.97 Å². The Balaban J connectivity index is 0.000000188. The fourth-order valence-corrected chi connectivity index (χ4v) is 4.67. The van der Waals surface area contributed by atoms with Gasteiger partial charge in [0.15, 0.2) is 11.4 Å². The molecule has 2 aromatic carbocycles. The quantitative estimate of drug-likeness (QED) is 0.140. The summed E-state index contributed by atoms with van der Waals surface area (Å²) in [6, 6.07) is 12.3. The second-order valence-electron chi connectivity index (χ2n) is 9.63. The number of halogens is 2. The second kappa shape index (κ2) is 13.9. The number of nitrogens with zero attached hydrogens (tertiary/aromatic N) is 6. The molecule has 0 radical (unpaired) electrons. The number of carbonyl (C=O) groups is 2. The highest BCUT2D eigenvalue weighted by Gasteiger charge is 2.17. The number of nitrogens with one attached hydrogen (secondary N) is 4. The maximum Gasteiger partial charge on any atom is 0.328 e. The van der Waals surface area contributed by atoms with Crippen LogP contribution in [0.1, 0.15) is 0 Å². The fourth-order valence-electron chi connectivity index (χ4n) is 4.22. The number of aromatic amines is 4. The summed E-state index contributed by atoms with van der Waals surface area (Å²) in [7, 11) is 0. The summed E-state index contributed by atoms with van der Waals surface area (Å²) in [4.78, 5) is 78.0. The van der Waals surface area contributed by atoms with E-state index in [9.17, 15) is 39.0 Å². The van der Waals surface area contributed by atoms with E-state index in [-0.39, 0.29) is 34.7 Å². The van der Waals surface area contributed by atoms with Crippen molar-refractivity contribution in [3.05, 3.63) is 113 Å². The summed E-state index contributed by atoms with van der Waals surface area (Å²) >= 11 is 12.1. The second-order valence-corrected chi connectivity index (χ2v) is 10.4. The Morgan fingerprint density at radius 3 is 1.77 bits per heavy atom. The zero-order valence-corrected chi connectivity index (χ0v) is 25.5. The SMILES string of the molecule is O=C(Cn1ccc(=O)[nH]c1=O)N=Nc1c(O)[nH]c2c(Cl)ccc(Cl)c12.O=C(Cn1ccc(=O)[nH]c1=O)N=Nc1c(O)[nH]c2ccccc12. The van der Waals surface area contributed by atoms with Crippen molar-refractivity contribution < 1.29 is 19.8 Å². The van der Waals surface area contributed by atoms with Crippen molar-refractivity contribution >= 4 is 68.2 Å². The van der Waals surface area contributed by atoms with Crippen molar-refractivity contribution in [2.24, 2.45) is 20.5 Å². The molecule has 0 fully saturated rings. The molecular formula is C28H20Cl2N10O8. The fraction of sp³-hybridized carbons (Fsp3) is 0.0714. The van der Waals surface area contributed by atoms with Crippen LogP contribution in [0.4, 0.5) is 11.4 Å². The normalized spacial score (nSPS) is 11.4. The van der Waals surface area contributed by atoms with Gasteiger partial charge in [0.05, 0.1) is 26.5 Å². The highest BCUT2D eigenvalue weighted by molar-refractivity contribution is 6.41. The van der Waals surface area contributed by atoms with Crippen LogP contribution in [0.2, 0.25) is 10.0 Å². The summed E-state index contributed by atoms with van der Waals surface area (Å²) < 4.78 is 1.96. The van der Waals surface area contributed by atoms with Crippen LogP contribution in [0.5, 0.6) is 11.8 Å². The van der Waals surface area contributed by atoms with E-state index in [0.29, 0.717) is 26.8 Å². The zero-order chi connectivity index (χ0) is 34.5. The van der Waals surface area contributed by atoms with E-state index in [1.165, 1.54) is 18.3 Å². The van der Waals surface area contributed by atoms with Crippen LogP contribution in [-0.4, -0.2) is 51.1 Å². The van der Waals surface area contributed by atoms with Crippen LogP contribution in [0.25, 0.3) is 21.8 Å². The molecule has 6 rings (SSSR count). The third-order valence-electron chi connectivity index (χ3n) is 6.40. The Labute approximate surface area is 274 Å². The molecule has 0 aliphatic rings. The molecule has 0 atom stereocenters. The smallest absolute Gasteiger partial charge is 0.328 e. The number of aromatic nitrogens is 6. The highest BCUT2D eigenvalue weighted by atomic mass is 35.5. The third kappa shape index (κ3) is 7.35. The first kappa shape index (κ1) is 33.0. The number of para-hydroxylation sites is 1. The predicted molar refractivity (Wildman–Crippen MR) is 172 cm³/mol. The summed E-state index contributed by atoms with van der Waals surface area (Å²) in [6.07, 6.45) is 2.35. The number of rotatable bonds is 6. The van der Waals surface area contributed by atoms with Crippen LogP contribution < -0.4 is 22.5 Å². The van der Waals surface area contributed by atoms with Crippen LogP contribution in [0, 0.1) is 0 Å².